The van der Waals surface area contributed by atoms with E-state index >= 15 is 0 Å². The van der Waals surface area contributed by atoms with Gasteiger partial charge in [0.15, 0.2) is 6.10 Å². The van der Waals surface area contributed by atoms with E-state index in [1.165, 1.54) is 7.11 Å². The molecular weight excluding hydrogens is 307 g/mol. The lowest BCUT2D eigenvalue weighted by Gasteiger charge is -2.16. The highest BCUT2D eigenvalue weighted by molar-refractivity contribution is 9.08. The van der Waals surface area contributed by atoms with Crippen molar-refractivity contribution in [2.75, 3.05) is 7.11 Å². The molecule has 0 N–H and O–H groups in total. The quantitative estimate of drug-likeness (QED) is 0.614. The van der Waals surface area contributed by atoms with Crippen molar-refractivity contribution in [3.8, 4) is 5.75 Å². The van der Waals surface area contributed by atoms with E-state index < -0.39 is 12.1 Å². The number of alkyl halides is 1. The van der Waals surface area contributed by atoms with E-state index in [4.69, 9.17) is 16.3 Å². The molecule has 1 aromatic carbocycles. The van der Waals surface area contributed by atoms with Gasteiger partial charge in [0.1, 0.15) is 5.75 Å². The molecule has 0 aliphatic carbocycles. The van der Waals surface area contributed by atoms with Gasteiger partial charge in [-0.25, -0.2) is 4.79 Å². The summed E-state index contributed by atoms with van der Waals surface area (Å²) in [7, 11) is 1.34. The second-order valence-corrected chi connectivity index (χ2v) is 4.40. The van der Waals surface area contributed by atoms with Gasteiger partial charge in [0.25, 0.3) is 0 Å². The number of ether oxygens (including phenoxy) is 2. The summed E-state index contributed by atoms with van der Waals surface area (Å²) in [4.78, 5) is 11.4. The van der Waals surface area contributed by atoms with Crippen molar-refractivity contribution < 1.29 is 14.3 Å². The summed E-state index contributed by atoms with van der Waals surface area (Å²) >= 11 is 9.36. The van der Waals surface area contributed by atoms with Crippen LogP contribution in [0.2, 0.25) is 5.02 Å². The SMILES string of the molecule is CC[C@@H](Oc1cc(CBr)ccc1Cl)C(=O)OC. The number of carbonyl (C=O) groups excluding carboxylic acids is 1. The minimum atomic E-state index is -0.622. The van der Waals surface area contributed by atoms with Gasteiger partial charge in [-0.1, -0.05) is 40.5 Å². The Morgan fingerprint density at radius 1 is 1.53 bits per heavy atom. The topological polar surface area (TPSA) is 35.5 Å². The first-order chi connectivity index (χ1) is 8.12. The fourth-order valence-corrected chi connectivity index (χ4v) is 1.81. The minimum absolute atomic E-state index is 0.396. The van der Waals surface area contributed by atoms with Crippen LogP contribution in [0.25, 0.3) is 0 Å². The number of carbonyl (C=O) groups is 1. The summed E-state index contributed by atoms with van der Waals surface area (Å²) in [5.41, 5.74) is 1.03. The summed E-state index contributed by atoms with van der Waals surface area (Å²) in [5, 5.41) is 1.19. The largest absolute Gasteiger partial charge is 0.477 e. The zero-order valence-electron chi connectivity index (χ0n) is 9.70. The summed E-state index contributed by atoms with van der Waals surface area (Å²) in [6.45, 7) is 1.85. The molecule has 17 heavy (non-hydrogen) atoms. The molecule has 94 valence electrons. The Bertz CT molecular complexity index is 395. The van der Waals surface area contributed by atoms with Crippen LogP contribution in [0.3, 0.4) is 0 Å². The van der Waals surface area contributed by atoms with Gasteiger partial charge in [-0.15, -0.1) is 0 Å². The minimum Gasteiger partial charge on any atom is -0.477 e. The standard InChI is InChI=1S/C12H14BrClO3/c1-3-10(12(15)16-2)17-11-6-8(7-13)4-5-9(11)14/h4-6,10H,3,7H2,1-2H3/t10-/m1/s1. The van der Waals surface area contributed by atoms with Gasteiger partial charge < -0.3 is 9.47 Å². The lowest BCUT2D eigenvalue weighted by atomic mass is 10.2. The number of hydrogen-bond acceptors (Lipinski definition) is 3. The maximum atomic E-state index is 11.4. The summed E-state index contributed by atoms with van der Waals surface area (Å²) in [6, 6.07) is 5.45. The van der Waals surface area contributed by atoms with Crippen molar-refractivity contribution >= 4 is 33.5 Å². The molecule has 0 heterocycles. The number of methoxy groups -OCH3 is 1. The summed E-state index contributed by atoms with van der Waals surface area (Å²) < 4.78 is 10.2. The predicted molar refractivity (Wildman–Crippen MR) is 70.8 cm³/mol. The molecule has 0 aromatic heterocycles. The highest BCUT2D eigenvalue weighted by Crippen LogP contribution is 2.28. The maximum absolute atomic E-state index is 11.4. The van der Waals surface area contributed by atoms with Crippen molar-refractivity contribution in [2.45, 2.75) is 24.8 Å². The Morgan fingerprint density at radius 3 is 2.76 bits per heavy atom. The third kappa shape index (κ3) is 3.89. The molecule has 5 heteroatoms. The molecule has 0 spiro atoms. The molecule has 0 bridgehead atoms. The van der Waals surface area contributed by atoms with Gasteiger partial charge >= 0.3 is 5.97 Å². The van der Waals surface area contributed by atoms with E-state index in [1.807, 2.05) is 19.1 Å². The number of benzene rings is 1. The molecule has 1 aromatic rings. The van der Waals surface area contributed by atoms with Crippen molar-refractivity contribution in [1.82, 2.24) is 0 Å². The van der Waals surface area contributed by atoms with E-state index in [1.54, 1.807) is 6.07 Å². The van der Waals surface area contributed by atoms with Crippen LogP contribution in [0, 0.1) is 0 Å². The molecule has 1 rings (SSSR count). The van der Waals surface area contributed by atoms with Gasteiger partial charge in [-0.05, 0) is 24.1 Å². The molecule has 3 nitrogen and oxygen atoms in total. The highest BCUT2D eigenvalue weighted by atomic mass is 79.9. The number of rotatable bonds is 5. The van der Waals surface area contributed by atoms with Crippen molar-refractivity contribution in [3.63, 3.8) is 0 Å². The Hall–Kier alpha value is -0.740. The maximum Gasteiger partial charge on any atom is 0.347 e. The second kappa shape index (κ2) is 6.87. The number of hydrogen-bond donors (Lipinski definition) is 0. The summed E-state index contributed by atoms with van der Waals surface area (Å²) in [6.07, 6.45) is -0.0928. The average molecular weight is 322 g/mol. The Labute approximate surface area is 114 Å². The van der Waals surface area contributed by atoms with E-state index in [0.717, 1.165) is 5.56 Å². The lowest BCUT2D eigenvalue weighted by Crippen LogP contribution is -2.27. The van der Waals surface area contributed by atoms with Gasteiger partial charge in [-0.3, -0.25) is 0 Å². The van der Waals surface area contributed by atoms with Crippen LogP contribution in [-0.4, -0.2) is 19.2 Å². The van der Waals surface area contributed by atoms with Gasteiger partial charge in [0.2, 0.25) is 0 Å². The Balaban J connectivity index is 2.88. The molecule has 0 fully saturated rings. The van der Waals surface area contributed by atoms with Gasteiger partial charge in [0, 0.05) is 5.33 Å². The van der Waals surface area contributed by atoms with E-state index in [-0.39, 0.29) is 0 Å². The molecule has 0 radical (unpaired) electrons. The van der Waals surface area contributed by atoms with Crippen LogP contribution < -0.4 is 4.74 Å². The van der Waals surface area contributed by atoms with Crippen LogP contribution in [0.1, 0.15) is 18.9 Å². The van der Waals surface area contributed by atoms with Crippen LogP contribution in [-0.2, 0) is 14.9 Å². The molecule has 0 aliphatic rings. The zero-order valence-corrected chi connectivity index (χ0v) is 12.0. The van der Waals surface area contributed by atoms with E-state index in [2.05, 4.69) is 20.7 Å². The first kappa shape index (κ1) is 14.3. The van der Waals surface area contributed by atoms with Gasteiger partial charge in [0.05, 0.1) is 12.1 Å². The Kier molecular flexibility index (Phi) is 5.78. The van der Waals surface area contributed by atoms with Crippen LogP contribution >= 0.6 is 27.5 Å². The van der Waals surface area contributed by atoms with Crippen molar-refractivity contribution in [3.05, 3.63) is 28.8 Å². The van der Waals surface area contributed by atoms with Crippen LogP contribution in [0.15, 0.2) is 18.2 Å². The third-order valence-electron chi connectivity index (χ3n) is 2.25. The zero-order chi connectivity index (χ0) is 12.8. The van der Waals surface area contributed by atoms with Gasteiger partial charge in [-0.2, -0.15) is 0 Å². The molecular formula is C12H14BrClO3. The number of esters is 1. The van der Waals surface area contributed by atoms with Crippen LogP contribution in [0.5, 0.6) is 5.75 Å². The first-order valence-electron chi connectivity index (χ1n) is 5.21. The monoisotopic (exact) mass is 320 g/mol. The van der Waals surface area contributed by atoms with Crippen molar-refractivity contribution in [1.29, 1.82) is 0 Å². The predicted octanol–water partition coefficient (Wildman–Crippen LogP) is 3.57. The fourth-order valence-electron chi connectivity index (χ4n) is 1.30. The highest BCUT2D eigenvalue weighted by Gasteiger charge is 2.20. The second-order valence-electron chi connectivity index (χ2n) is 3.44. The third-order valence-corrected chi connectivity index (χ3v) is 3.21. The molecule has 0 saturated heterocycles. The fraction of sp³-hybridized carbons (Fsp3) is 0.417. The van der Waals surface area contributed by atoms with E-state index in [9.17, 15) is 4.79 Å². The number of halogens is 2. The normalized spacial score (nSPS) is 12.0. The average Bonchev–Trinajstić information content (AvgIpc) is 2.36. The molecule has 0 amide bonds. The smallest absolute Gasteiger partial charge is 0.347 e. The van der Waals surface area contributed by atoms with Crippen LogP contribution in [0.4, 0.5) is 0 Å². The molecule has 0 unspecified atom stereocenters. The van der Waals surface area contributed by atoms with Crippen molar-refractivity contribution in [2.24, 2.45) is 0 Å². The Morgan fingerprint density at radius 2 is 2.24 bits per heavy atom. The molecule has 0 aliphatic heterocycles. The van der Waals surface area contributed by atoms with E-state index in [0.29, 0.717) is 22.5 Å². The molecule has 1 atom stereocenters. The summed E-state index contributed by atoms with van der Waals surface area (Å²) in [5.74, 6) is 0.105. The lowest BCUT2D eigenvalue weighted by molar-refractivity contribution is -0.148. The molecule has 0 saturated carbocycles. The first-order valence-corrected chi connectivity index (χ1v) is 6.71.